The first kappa shape index (κ1) is 36.6. The molecule has 0 aliphatic rings. The molecule has 0 atom stereocenters. The zero-order valence-corrected chi connectivity index (χ0v) is 31.2. The number of hydrogen-bond donors (Lipinski definition) is 2. The fourth-order valence-corrected chi connectivity index (χ4v) is 6.33. The second-order valence-corrected chi connectivity index (χ2v) is 12.7. The summed E-state index contributed by atoms with van der Waals surface area (Å²) in [5, 5.41) is 32.4. The Kier molecular flexibility index (Phi) is 10.7. The van der Waals surface area contributed by atoms with E-state index in [-0.39, 0.29) is 32.0 Å². The highest BCUT2D eigenvalue weighted by atomic mass is 16.5. The largest absolute Gasteiger partial charge is 0.497 e. The van der Waals surface area contributed by atoms with Crippen LogP contribution >= 0.6 is 0 Å². The van der Waals surface area contributed by atoms with E-state index in [0.29, 0.717) is 69.2 Å². The number of carbonyl (C=O) groups excluding carboxylic acids is 1. The Bertz CT molecular complexity index is 2420. The standard InChI is InChI=1S/C40H41N9O6/c1-25-37(55-24-27-9-7-6-8-10-27)36(49(46-25)15-16-50)39-45-44-38(48(39)23-26-11-13-29(52-3)14-12-26)35-32-22-42-47(2)34(32)20-33(43-35)40(51)41-21-28-17-30(53-4)19-31(18-28)54-5/h6-14,17-20,22,50H,15-16,21,23-24H2,1-5H3,(H,41,51). The lowest BCUT2D eigenvalue weighted by atomic mass is 10.1. The van der Waals surface area contributed by atoms with Crippen LogP contribution in [-0.4, -0.2) is 78.3 Å². The minimum atomic E-state index is -0.402. The van der Waals surface area contributed by atoms with Gasteiger partial charge in [-0.15, -0.1) is 10.2 Å². The van der Waals surface area contributed by atoms with E-state index in [9.17, 15) is 9.90 Å². The number of methoxy groups -OCH3 is 3. The highest BCUT2D eigenvalue weighted by Crippen LogP contribution is 2.36. The summed E-state index contributed by atoms with van der Waals surface area (Å²) in [4.78, 5) is 18.7. The van der Waals surface area contributed by atoms with Gasteiger partial charge in [0.1, 0.15) is 46.6 Å². The molecule has 2 N–H and O–H groups in total. The quantitative estimate of drug-likeness (QED) is 0.146. The minimum Gasteiger partial charge on any atom is -0.497 e. The zero-order valence-electron chi connectivity index (χ0n) is 31.2. The highest BCUT2D eigenvalue weighted by Gasteiger charge is 2.28. The molecule has 0 bridgehead atoms. The number of nitrogens with zero attached hydrogens (tertiary/aromatic N) is 8. The van der Waals surface area contributed by atoms with Gasteiger partial charge in [0.15, 0.2) is 17.4 Å². The number of ether oxygens (including phenoxy) is 4. The maximum absolute atomic E-state index is 13.8. The van der Waals surface area contributed by atoms with Crippen molar-refractivity contribution in [3.63, 3.8) is 0 Å². The molecule has 3 aromatic carbocycles. The number of pyridine rings is 1. The summed E-state index contributed by atoms with van der Waals surface area (Å²) in [7, 11) is 6.57. The van der Waals surface area contributed by atoms with Gasteiger partial charge in [0.2, 0.25) is 0 Å². The van der Waals surface area contributed by atoms with Crippen LogP contribution in [0, 0.1) is 6.92 Å². The molecule has 0 aliphatic carbocycles. The van der Waals surface area contributed by atoms with Gasteiger partial charge in [-0.3, -0.25) is 18.7 Å². The Morgan fingerprint density at radius 1 is 0.836 bits per heavy atom. The molecule has 15 nitrogen and oxygen atoms in total. The van der Waals surface area contributed by atoms with E-state index in [1.807, 2.05) is 78.2 Å². The molecule has 55 heavy (non-hydrogen) atoms. The number of carbonyl (C=O) groups is 1. The summed E-state index contributed by atoms with van der Waals surface area (Å²) < 4.78 is 28.0. The van der Waals surface area contributed by atoms with Gasteiger partial charge >= 0.3 is 0 Å². The molecule has 7 rings (SSSR count). The van der Waals surface area contributed by atoms with Gasteiger partial charge in [-0.1, -0.05) is 42.5 Å². The molecule has 0 saturated carbocycles. The number of fused-ring (bicyclic) bond motifs is 1. The number of amides is 1. The third kappa shape index (κ3) is 7.68. The summed E-state index contributed by atoms with van der Waals surface area (Å²) >= 11 is 0. The van der Waals surface area contributed by atoms with Crippen molar-refractivity contribution in [3.05, 3.63) is 113 Å². The van der Waals surface area contributed by atoms with Gasteiger partial charge in [-0.25, -0.2) is 4.98 Å². The predicted molar refractivity (Wildman–Crippen MR) is 204 cm³/mol. The van der Waals surface area contributed by atoms with Crippen molar-refractivity contribution in [1.82, 2.24) is 44.6 Å². The van der Waals surface area contributed by atoms with Gasteiger partial charge in [0.05, 0.1) is 52.7 Å². The van der Waals surface area contributed by atoms with E-state index in [1.54, 1.807) is 56.1 Å². The third-order valence-electron chi connectivity index (χ3n) is 9.13. The van der Waals surface area contributed by atoms with Crippen LogP contribution in [0.25, 0.3) is 33.9 Å². The number of aryl methyl sites for hydroxylation is 2. The van der Waals surface area contributed by atoms with Crippen molar-refractivity contribution in [2.45, 2.75) is 33.2 Å². The van der Waals surface area contributed by atoms with Gasteiger partial charge in [-0.2, -0.15) is 10.2 Å². The molecule has 4 aromatic heterocycles. The van der Waals surface area contributed by atoms with E-state index >= 15 is 0 Å². The molecule has 0 radical (unpaired) electrons. The van der Waals surface area contributed by atoms with Gasteiger partial charge < -0.3 is 29.4 Å². The Hall–Kier alpha value is -6.74. The first-order valence-electron chi connectivity index (χ1n) is 17.5. The van der Waals surface area contributed by atoms with Crippen LogP contribution in [0.15, 0.2) is 85.1 Å². The molecule has 7 aromatic rings. The van der Waals surface area contributed by atoms with Gasteiger partial charge in [0, 0.05) is 25.0 Å². The monoisotopic (exact) mass is 743 g/mol. The van der Waals surface area contributed by atoms with E-state index in [0.717, 1.165) is 16.7 Å². The number of rotatable bonds is 15. The lowest BCUT2D eigenvalue weighted by Crippen LogP contribution is -2.24. The first-order valence-corrected chi connectivity index (χ1v) is 17.5. The molecule has 0 aliphatic heterocycles. The number of aliphatic hydroxyl groups is 1. The van der Waals surface area contributed by atoms with Crippen LogP contribution in [0.2, 0.25) is 0 Å². The molecule has 0 saturated heterocycles. The van der Waals surface area contributed by atoms with Crippen molar-refractivity contribution in [1.29, 1.82) is 0 Å². The molecular weight excluding hydrogens is 702 g/mol. The summed E-state index contributed by atoms with van der Waals surface area (Å²) in [6.07, 6.45) is 1.70. The van der Waals surface area contributed by atoms with E-state index in [4.69, 9.17) is 39.2 Å². The first-order chi connectivity index (χ1) is 26.8. The summed E-state index contributed by atoms with van der Waals surface area (Å²) in [5.41, 5.74) is 5.09. The lowest BCUT2D eigenvalue weighted by Gasteiger charge is -2.15. The maximum Gasteiger partial charge on any atom is 0.270 e. The zero-order chi connectivity index (χ0) is 38.5. The van der Waals surface area contributed by atoms with E-state index < -0.39 is 5.91 Å². The minimum absolute atomic E-state index is 0.162. The van der Waals surface area contributed by atoms with Crippen LogP contribution in [0.5, 0.6) is 23.0 Å². The molecular formula is C40H41N9O6. The maximum atomic E-state index is 13.8. The summed E-state index contributed by atoms with van der Waals surface area (Å²) in [6.45, 7) is 2.67. The van der Waals surface area contributed by atoms with Crippen molar-refractivity contribution >= 4 is 16.8 Å². The van der Waals surface area contributed by atoms with E-state index in [2.05, 4.69) is 10.4 Å². The number of aliphatic hydroxyl groups excluding tert-OH is 1. The second-order valence-electron chi connectivity index (χ2n) is 12.7. The molecule has 4 heterocycles. The van der Waals surface area contributed by atoms with Gasteiger partial charge in [0.25, 0.3) is 5.91 Å². The van der Waals surface area contributed by atoms with Gasteiger partial charge in [-0.05, 0) is 53.9 Å². The van der Waals surface area contributed by atoms with E-state index in [1.165, 1.54) is 0 Å². The molecule has 0 spiro atoms. The number of aromatic nitrogens is 8. The fourth-order valence-electron chi connectivity index (χ4n) is 6.33. The molecule has 0 fully saturated rings. The van der Waals surface area contributed by atoms with Crippen molar-refractivity contribution in [2.75, 3.05) is 27.9 Å². The topological polar surface area (TPSA) is 165 Å². The average Bonchev–Trinajstić information content (AvgIpc) is 3.89. The number of hydrogen-bond acceptors (Lipinski definition) is 11. The second kappa shape index (κ2) is 16.1. The normalized spacial score (nSPS) is 11.2. The number of nitrogens with one attached hydrogen (secondary N) is 1. The van der Waals surface area contributed by atoms with Crippen molar-refractivity contribution in [3.8, 4) is 46.0 Å². The van der Waals surface area contributed by atoms with Crippen LogP contribution in [0.4, 0.5) is 0 Å². The number of benzene rings is 3. The average molecular weight is 744 g/mol. The highest BCUT2D eigenvalue weighted by molar-refractivity contribution is 5.99. The van der Waals surface area contributed by atoms with Crippen LogP contribution in [-0.2, 0) is 33.3 Å². The Morgan fingerprint density at radius 2 is 1.55 bits per heavy atom. The van der Waals surface area contributed by atoms with Crippen LogP contribution < -0.4 is 24.3 Å². The lowest BCUT2D eigenvalue weighted by molar-refractivity contribution is 0.0946. The summed E-state index contributed by atoms with van der Waals surface area (Å²) in [5.74, 6) is 2.86. The molecule has 1 amide bonds. The predicted octanol–water partition coefficient (Wildman–Crippen LogP) is 4.97. The Morgan fingerprint density at radius 3 is 2.24 bits per heavy atom. The summed E-state index contributed by atoms with van der Waals surface area (Å²) in [6, 6.07) is 24.6. The molecule has 282 valence electrons. The third-order valence-corrected chi connectivity index (χ3v) is 9.13. The molecule has 0 unspecified atom stereocenters. The van der Waals surface area contributed by atoms with Crippen molar-refractivity contribution in [2.24, 2.45) is 7.05 Å². The smallest absolute Gasteiger partial charge is 0.270 e. The SMILES string of the molecule is COc1ccc(Cn2c(-c3nc(C(=O)NCc4cc(OC)cc(OC)c4)cc4c3cnn4C)nnc2-c2c(OCc3ccccc3)c(C)nn2CCO)cc1. The fraction of sp³-hybridized carbons (Fsp3) is 0.250. The Balaban J connectivity index is 1.34. The van der Waals surface area contributed by atoms with Crippen molar-refractivity contribution < 1.29 is 28.8 Å². The Labute approximate surface area is 317 Å². The van der Waals surface area contributed by atoms with Crippen LogP contribution in [0.1, 0.15) is 32.9 Å². The molecule has 15 heteroatoms. The van der Waals surface area contributed by atoms with Crippen LogP contribution in [0.3, 0.4) is 0 Å².